The summed E-state index contributed by atoms with van der Waals surface area (Å²) in [6, 6.07) is 0. The predicted molar refractivity (Wildman–Crippen MR) is 37.4 cm³/mol. The maximum absolute atomic E-state index is 10.2. The molecule has 3 N–H and O–H groups in total. The molecule has 4 nitrogen and oxygen atoms in total. The lowest BCUT2D eigenvalue weighted by Gasteiger charge is -2.04. The van der Waals surface area contributed by atoms with Crippen LogP contribution < -0.4 is 5.73 Å². The highest BCUT2D eigenvalue weighted by molar-refractivity contribution is 8.27. The first-order chi connectivity index (χ1) is 3.95. The molecule has 0 rings (SSSR count). The Morgan fingerprint density at radius 2 is 2.44 bits per heavy atom. The minimum absolute atomic E-state index is 0.972. The molecule has 2 unspecified atom stereocenters. The van der Waals surface area contributed by atoms with Gasteiger partial charge in [0.1, 0.15) is 6.23 Å². The van der Waals surface area contributed by atoms with Gasteiger partial charge in [0.25, 0.3) is 9.05 Å². The van der Waals surface area contributed by atoms with E-state index in [2.05, 4.69) is 22.0 Å². The van der Waals surface area contributed by atoms with Gasteiger partial charge >= 0.3 is 0 Å². The van der Waals surface area contributed by atoms with Crippen LogP contribution in [0.4, 0.5) is 0 Å². The maximum atomic E-state index is 10.2. The third-order valence-electron chi connectivity index (χ3n) is 0.465. The summed E-state index contributed by atoms with van der Waals surface area (Å²) in [4.78, 5) is 0. The smallest absolute Gasteiger partial charge is 0.268 e. The zero-order valence-corrected chi connectivity index (χ0v) is 6.15. The molecular weight excluding hydrogens is 162 g/mol. The second-order valence-electron chi connectivity index (χ2n) is 1.22. The Labute approximate surface area is 58.4 Å². The Kier molecular flexibility index (Phi) is 3.23. The van der Waals surface area contributed by atoms with Gasteiger partial charge in [0.05, 0.1) is 0 Å². The fraction of sp³-hybridized carbons (Fsp3) is 0.333. The highest BCUT2D eigenvalue weighted by atomic mass is 32.9. The third-order valence-corrected chi connectivity index (χ3v) is 1.17. The number of rotatable bonds is 3. The fourth-order valence-electron chi connectivity index (χ4n) is 0.180. The van der Waals surface area contributed by atoms with Crippen LogP contribution in [-0.2, 0) is 24.4 Å². The summed E-state index contributed by atoms with van der Waals surface area (Å²) < 4.78 is 22.6. The van der Waals surface area contributed by atoms with Gasteiger partial charge in [0.2, 0.25) is 0 Å². The molecule has 9 heavy (non-hydrogen) atoms. The molecule has 0 heterocycles. The topological polar surface area (TPSA) is 72.5 Å². The first-order valence-electron chi connectivity index (χ1n) is 1.99. The van der Waals surface area contributed by atoms with Crippen molar-refractivity contribution >= 4 is 20.2 Å². The van der Waals surface area contributed by atoms with Crippen LogP contribution in [0.25, 0.3) is 0 Å². The van der Waals surface area contributed by atoms with Crippen LogP contribution in [-0.4, -0.2) is 15.0 Å². The minimum atomic E-state index is -3.60. The Hall–Kier alpha value is -0.0100. The van der Waals surface area contributed by atoms with Crippen molar-refractivity contribution in [2.45, 2.75) is 6.23 Å². The van der Waals surface area contributed by atoms with Gasteiger partial charge in [-0.25, -0.2) is 4.18 Å². The van der Waals surface area contributed by atoms with Crippen molar-refractivity contribution in [3.63, 3.8) is 0 Å². The Morgan fingerprint density at radius 1 is 2.00 bits per heavy atom. The van der Waals surface area contributed by atoms with Gasteiger partial charge in [-0.15, -0.1) is 0 Å². The van der Waals surface area contributed by atoms with Gasteiger partial charge < -0.3 is 5.73 Å². The van der Waals surface area contributed by atoms with E-state index in [-0.39, 0.29) is 0 Å². The summed E-state index contributed by atoms with van der Waals surface area (Å²) in [5, 5.41) is 0. The quantitative estimate of drug-likeness (QED) is 0.444. The van der Waals surface area contributed by atoms with E-state index in [4.69, 9.17) is 10.3 Å². The minimum Gasteiger partial charge on any atom is -0.302 e. The molecule has 0 bridgehead atoms. The van der Waals surface area contributed by atoms with Crippen LogP contribution >= 0.6 is 0 Å². The van der Waals surface area contributed by atoms with E-state index in [1.807, 2.05) is 0 Å². The lowest BCUT2D eigenvalue weighted by molar-refractivity contribution is 0.254. The first kappa shape index (κ1) is 8.99. The molecule has 0 aliphatic rings. The van der Waals surface area contributed by atoms with Crippen molar-refractivity contribution in [2.24, 2.45) is 5.73 Å². The predicted octanol–water partition coefficient (Wildman–Crippen LogP) is -0.392. The largest absolute Gasteiger partial charge is 0.302 e. The van der Waals surface area contributed by atoms with Gasteiger partial charge in [-0.3, -0.25) is 4.55 Å². The van der Waals surface area contributed by atoms with Crippen LogP contribution in [0.15, 0.2) is 12.7 Å². The first-order valence-corrected chi connectivity index (χ1v) is 4.36. The molecule has 0 radical (unpaired) electrons. The van der Waals surface area contributed by atoms with Gasteiger partial charge in [-0.1, -0.05) is 6.58 Å². The SMILES string of the molecule is C=CC(N)OS(=O)(O)=S. The Bertz CT molecular complexity index is 185. The molecule has 54 valence electrons. The zero-order chi connectivity index (χ0) is 7.49. The van der Waals surface area contributed by atoms with E-state index in [9.17, 15) is 4.21 Å². The summed E-state index contributed by atoms with van der Waals surface area (Å²) >= 11 is 3.96. The molecule has 0 saturated carbocycles. The summed E-state index contributed by atoms with van der Waals surface area (Å²) in [5.41, 5.74) is 5.01. The zero-order valence-electron chi connectivity index (χ0n) is 4.52. The van der Waals surface area contributed by atoms with E-state index >= 15 is 0 Å². The molecule has 0 fully saturated rings. The molecule has 0 saturated heterocycles. The molecule has 0 aromatic rings. The molecule has 0 spiro atoms. The van der Waals surface area contributed by atoms with Gasteiger partial charge in [-0.05, 0) is 6.08 Å². The molecular formula is C3H7NO3S2. The van der Waals surface area contributed by atoms with Crippen LogP contribution in [0.2, 0.25) is 0 Å². The van der Waals surface area contributed by atoms with Crippen LogP contribution in [0.5, 0.6) is 0 Å². The molecule has 6 heteroatoms. The van der Waals surface area contributed by atoms with E-state index < -0.39 is 15.3 Å². The summed E-state index contributed by atoms with van der Waals surface area (Å²) in [5.74, 6) is 0. The van der Waals surface area contributed by atoms with Crippen molar-refractivity contribution in [1.82, 2.24) is 0 Å². The summed E-state index contributed by atoms with van der Waals surface area (Å²) in [7, 11) is -3.60. The van der Waals surface area contributed by atoms with Gasteiger partial charge in [0, 0.05) is 11.2 Å². The van der Waals surface area contributed by atoms with E-state index in [0.29, 0.717) is 0 Å². The monoisotopic (exact) mass is 169 g/mol. The molecule has 0 aliphatic carbocycles. The number of hydrogen-bond acceptors (Lipinski definition) is 4. The van der Waals surface area contributed by atoms with Crippen molar-refractivity contribution < 1.29 is 12.9 Å². The maximum Gasteiger partial charge on any atom is 0.268 e. The highest BCUT2D eigenvalue weighted by Gasteiger charge is 2.03. The molecule has 0 aromatic carbocycles. The molecule has 2 atom stereocenters. The molecule has 0 aliphatic heterocycles. The third kappa shape index (κ3) is 5.87. The fourth-order valence-corrected chi connectivity index (χ4v) is 0.811. The van der Waals surface area contributed by atoms with Crippen molar-refractivity contribution in [2.75, 3.05) is 0 Å². The second-order valence-corrected chi connectivity index (χ2v) is 3.54. The Morgan fingerprint density at radius 3 is 2.56 bits per heavy atom. The average molecular weight is 169 g/mol. The van der Waals surface area contributed by atoms with E-state index in [1.54, 1.807) is 0 Å². The normalized spacial score (nSPS) is 20.2. The van der Waals surface area contributed by atoms with Gasteiger partial charge in [0.15, 0.2) is 0 Å². The van der Waals surface area contributed by atoms with Crippen LogP contribution in [0, 0.1) is 0 Å². The summed E-state index contributed by atoms with van der Waals surface area (Å²) in [6.45, 7) is 3.21. The molecule has 0 amide bonds. The average Bonchev–Trinajstić information content (AvgIpc) is 1.62. The van der Waals surface area contributed by atoms with Crippen molar-refractivity contribution in [3.8, 4) is 0 Å². The van der Waals surface area contributed by atoms with Crippen LogP contribution in [0.3, 0.4) is 0 Å². The lowest BCUT2D eigenvalue weighted by Crippen LogP contribution is -2.23. The van der Waals surface area contributed by atoms with Gasteiger partial charge in [-0.2, -0.15) is 4.21 Å². The van der Waals surface area contributed by atoms with Crippen LogP contribution in [0.1, 0.15) is 0 Å². The van der Waals surface area contributed by atoms with Crippen molar-refractivity contribution in [3.05, 3.63) is 12.7 Å². The standard InChI is InChI=1S/C3H7NO3S2/c1-2-3(4)7-9(5,6)8/h2-3H,1,4H2,(H,5,6,8). The highest BCUT2D eigenvalue weighted by Crippen LogP contribution is 1.90. The van der Waals surface area contributed by atoms with E-state index in [1.165, 1.54) is 6.08 Å². The number of hydrogen-bond donors (Lipinski definition) is 2. The van der Waals surface area contributed by atoms with Crippen molar-refractivity contribution in [1.29, 1.82) is 0 Å². The molecule has 0 aromatic heterocycles. The lowest BCUT2D eigenvalue weighted by atomic mass is 10.6. The second kappa shape index (κ2) is 3.23. The summed E-state index contributed by atoms with van der Waals surface area (Å²) in [6.07, 6.45) is 0.197. The van der Waals surface area contributed by atoms with E-state index in [0.717, 1.165) is 0 Å². The number of nitrogens with two attached hydrogens (primary N) is 1. The Balaban J connectivity index is 3.89.